The monoisotopic (exact) mass is 210 g/mol. The molecule has 1 aromatic rings. The van der Waals surface area contributed by atoms with E-state index in [1.807, 2.05) is 6.26 Å². The summed E-state index contributed by atoms with van der Waals surface area (Å²) in [7, 11) is 0. The molecule has 2 nitrogen and oxygen atoms in total. The van der Waals surface area contributed by atoms with E-state index in [0.717, 1.165) is 12.4 Å². The zero-order valence-corrected chi connectivity index (χ0v) is 7.99. The molecule has 1 heterocycles. The molecule has 0 N–H and O–H groups in total. The molecular weight excluding hydrogens is 201 g/mol. The number of hydrogen-bond donors (Lipinski definition) is 0. The number of nitrogens with zero attached hydrogens (tertiary/aromatic N) is 2. The van der Waals surface area contributed by atoms with Gasteiger partial charge in [0.25, 0.3) is 0 Å². The van der Waals surface area contributed by atoms with Gasteiger partial charge in [-0.05, 0) is 13.2 Å². The summed E-state index contributed by atoms with van der Waals surface area (Å²) in [5.74, 6) is 0. The van der Waals surface area contributed by atoms with Gasteiger partial charge in [-0.1, -0.05) is 0 Å². The predicted molar refractivity (Wildman–Crippen MR) is 45.5 cm³/mol. The van der Waals surface area contributed by atoms with Crippen LogP contribution in [-0.2, 0) is 6.18 Å². The molecule has 0 aliphatic rings. The molecule has 0 saturated heterocycles. The normalized spacial score (nSPS) is 14.5. The van der Waals surface area contributed by atoms with E-state index in [0.29, 0.717) is 0 Å². The Hall–Kier alpha value is -0.650. The highest BCUT2D eigenvalue weighted by molar-refractivity contribution is 7.98. The fourth-order valence-electron chi connectivity index (χ4n) is 0.791. The average Bonchev–Trinajstić information content (AvgIpc) is 2.50. The average molecular weight is 210 g/mol. The van der Waals surface area contributed by atoms with E-state index < -0.39 is 11.7 Å². The van der Waals surface area contributed by atoms with Crippen LogP contribution < -0.4 is 0 Å². The van der Waals surface area contributed by atoms with Gasteiger partial charge in [0.2, 0.25) is 0 Å². The van der Waals surface area contributed by atoms with Crippen LogP contribution in [0.1, 0.15) is 17.9 Å². The lowest BCUT2D eigenvalue weighted by atomic mass is 10.4. The van der Waals surface area contributed by atoms with Crippen molar-refractivity contribution in [3.8, 4) is 0 Å². The molecule has 6 heteroatoms. The van der Waals surface area contributed by atoms with E-state index in [1.165, 1.54) is 16.4 Å². The van der Waals surface area contributed by atoms with Gasteiger partial charge >= 0.3 is 6.18 Å². The minimum Gasteiger partial charge on any atom is -0.259 e. The van der Waals surface area contributed by atoms with E-state index in [1.54, 1.807) is 6.92 Å². The Morgan fingerprint density at radius 2 is 2.15 bits per heavy atom. The van der Waals surface area contributed by atoms with E-state index in [4.69, 9.17) is 0 Å². The van der Waals surface area contributed by atoms with Crippen molar-refractivity contribution in [2.45, 2.75) is 18.5 Å². The van der Waals surface area contributed by atoms with Crippen LogP contribution in [0.25, 0.3) is 0 Å². The Morgan fingerprint density at radius 1 is 1.54 bits per heavy atom. The lowest BCUT2D eigenvalue weighted by Crippen LogP contribution is -2.04. The second kappa shape index (κ2) is 3.61. The van der Waals surface area contributed by atoms with Crippen molar-refractivity contribution >= 4 is 11.8 Å². The third-order valence-corrected chi connectivity index (χ3v) is 2.54. The zero-order valence-electron chi connectivity index (χ0n) is 7.17. The predicted octanol–water partition coefficient (Wildman–Crippen LogP) is 2.78. The van der Waals surface area contributed by atoms with Crippen LogP contribution in [0.2, 0.25) is 0 Å². The first kappa shape index (κ1) is 10.4. The molecule has 1 atom stereocenters. The van der Waals surface area contributed by atoms with E-state index >= 15 is 0 Å². The van der Waals surface area contributed by atoms with Gasteiger partial charge in [0, 0.05) is 6.20 Å². The van der Waals surface area contributed by atoms with Crippen LogP contribution in [0.4, 0.5) is 13.2 Å². The van der Waals surface area contributed by atoms with Gasteiger partial charge in [-0.15, -0.1) is 11.8 Å². The molecule has 0 bridgehead atoms. The number of halogens is 3. The largest absolute Gasteiger partial charge is 0.419 e. The maximum Gasteiger partial charge on any atom is 0.419 e. The molecule has 1 aromatic heterocycles. The molecule has 0 aliphatic carbocycles. The molecule has 0 fully saturated rings. The van der Waals surface area contributed by atoms with Gasteiger partial charge in [0.1, 0.15) is 0 Å². The van der Waals surface area contributed by atoms with Crippen molar-refractivity contribution in [2.24, 2.45) is 0 Å². The topological polar surface area (TPSA) is 17.8 Å². The summed E-state index contributed by atoms with van der Waals surface area (Å²) in [5.41, 5.74) is -0.701. The highest BCUT2D eigenvalue weighted by Crippen LogP contribution is 2.30. The Morgan fingerprint density at radius 3 is 2.54 bits per heavy atom. The summed E-state index contributed by atoms with van der Waals surface area (Å²) < 4.78 is 37.6. The first-order valence-corrected chi connectivity index (χ1v) is 4.88. The highest BCUT2D eigenvalue weighted by Gasteiger charge is 2.32. The molecule has 0 saturated carbocycles. The highest BCUT2D eigenvalue weighted by atomic mass is 32.2. The molecule has 0 spiro atoms. The van der Waals surface area contributed by atoms with Gasteiger partial charge < -0.3 is 0 Å². The number of hydrogen-bond acceptors (Lipinski definition) is 2. The number of thioether (sulfide) groups is 1. The lowest BCUT2D eigenvalue weighted by molar-refractivity contribution is -0.137. The Kier molecular flexibility index (Phi) is 2.90. The fourth-order valence-corrected chi connectivity index (χ4v) is 1.12. The Balaban J connectivity index is 2.87. The molecule has 0 radical (unpaired) electrons. The number of rotatable bonds is 2. The summed E-state index contributed by atoms with van der Waals surface area (Å²) in [5, 5.41) is 3.56. The van der Waals surface area contributed by atoms with Crippen molar-refractivity contribution in [3.05, 3.63) is 18.0 Å². The summed E-state index contributed by atoms with van der Waals surface area (Å²) in [6.07, 6.45) is -0.621. The molecule has 0 aliphatic heterocycles. The second-order valence-corrected chi connectivity index (χ2v) is 3.70. The molecule has 0 amide bonds. The quantitative estimate of drug-likeness (QED) is 0.747. The first-order valence-electron chi connectivity index (χ1n) is 3.59. The third kappa shape index (κ3) is 2.40. The third-order valence-electron chi connectivity index (χ3n) is 1.64. The first-order chi connectivity index (χ1) is 5.95. The van der Waals surface area contributed by atoms with E-state index in [9.17, 15) is 13.2 Å². The minimum absolute atomic E-state index is 0.0731. The van der Waals surface area contributed by atoms with Gasteiger partial charge in [0.05, 0.1) is 17.1 Å². The molecular formula is C7H9F3N2S. The molecule has 0 aromatic carbocycles. The maximum absolute atomic E-state index is 12.1. The lowest BCUT2D eigenvalue weighted by Gasteiger charge is -2.07. The van der Waals surface area contributed by atoms with Crippen molar-refractivity contribution in [3.63, 3.8) is 0 Å². The van der Waals surface area contributed by atoms with Crippen LogP contribution in [0, 0.1) is 0 Å². The van der Waals surface area contributed by atoms with Crippen molar-refractivity contribution < 1.29 is 13.2 Å². The van der Waals surface area contributed by atoms with E-state index in [-0.39, 0.29) is 5.37 Å². The molecule has 1 rings (SSSR count). The smallest absolute Gasteiger partial charge is 0.259 e. The van der Waals surface area contributed by atoms with Crippen molar-refractivity contribution in [2.75, 3.05) is 6.26 Å². The van der Waals surface area contributed by atoms with Gasteiger partial charge in [-0.2, -0.15) is 18.3 Å². The van der Waals surface area contributed by atoms with Gasteiger partial charge in [-0.25, -0.2) is 0 Å². The SMILES string of the molecule is CSC(C)n1cc(C(F)(F)F)cn1. The summed E-state index contributed by atoms with van der Waals surface area (Å²) in [6, 6.07) is 0. The molecule has 13 heavy (non-hydrogen) atoms. The second-order valence-electron chi connectivity index (χ2n) is 2.54. The zero-order chi connectivity index (χ0) is 10.1. The summed E-state index contributed by atoms with van der Waals surface area (Å²) >= 11 is 1.43. The van der Waals surface area contributed by atoms with Crippen LogP contribution in [-0.4, -0.2) is 16.0 Å². The van der Waals surface area contributed by atoms with Gasteiger partial charge in [0.15, 0.2) is 0 Å². The van der Waals surface area contributed by atoms with Crippen LogP contribution in [0.3, 0.4) is 0 Å². The van der Waals surface area contributed by atoms with Crippen LogP contribution in [0.15, 0.2) is 12.4 Å². The summed E-state index contributed by atoms with van der Waals surface area (Å²) in [4.78, 5) is 0. The van der Waals surface area contributed by atoms with Crippen LogP contribution in [0.5, 0.6) is 0 Å². The molecule has 1 unspecified atom stereocenters. The minimum atomic E-state index is -4.30. The van der Waals surface area contributed by atoms with Gasteiger partial charge in [-0.3, -0.25) is 4.68 Å². The maximum atomic E-state index is 12.1. The molecule has 74 valence electrons. The van der Waals surface area contributed by atoms with Crippen molar-refractivity contribution in [1.29, 1.82) is 0 Å². The Labute approximate surface area is 78.1 Å². The van der Waals surface area contributed by atoms with E-state index in [2.05, 4.69) is 5.10 Å². The fraction of sp³-hybridized carbons (Fsp3) is 0.571. The Bertz CT molecular complexity index is 282. The summed E-state index contributed by atoms with van der Waals surface area (Å²) in [6.45, 7) is 1.79. The standard InChI is InChI=1S/C7H9F3N2S/c1-5(13-2)12-4-6(3-11-12)7(8,9)10/h3-5H,1-2H3. The number of alkyl halides is 3. The van der Waals surface area contributed by atoms with Crippen LogP contribution >= 0.6 is 11.8 Å². The van der Waals surface area contributed by atoms with Crippen molar-refractivity contribution in [1.82, 2.24) is 9.78 Å². The number of aromatic nitrogens is 2.